The number of aromatic nitrogens is 3. The molecule has 2 aromatic heterocycles. The van der Waals surface area contributed by atoms with E-state index in [2.05, 4.69) is 27.8 Å². The lowest BCUT2D eigenvalue weighted by Gasteiger charge is -2.32. The van der Waals surface area contributed by atoms with E-state index in [1.165, 1.54) is 6.08 Å². The summed E-state index contributed by atoms with van der Waals surface area (Å²) in [5.74, 6) is 1.05. The fraction of sp³-hybridized carbons (Fsp3) is 0.286. The number of carbonyl (C=O) groups excluding carboxylic acids is 1. The Labute approximate surface area is 156 Å². The van der Waals surface area contributed by atoms with Crippen LogP contribution in [-0.4, -0.2) is 43.7 Å². The number of nitrogens with zero attached hydrogens (tertiary/aromatic N) is 3. The number of para-hydroxylation sites is 1. The molecule has 6 heteroatoms. The zero-order valence-corrected chi connectivity index (χ0v) is 14.8. The van der Waals surface area contributed by atoms with Crippen LogP contribution >= 0.6 is 0 Å². The van der Waals surface area contributed by atoms with E-state index in [1.54, 1.807) is 12.1 Å². The Hall–Kier alpha value is -3.15. The van der Waals surface area contributed by atoms with Gasteiger partial charge in [-0.15, -0.1) is 10.2 Å². The maximum absolute atomic E-state index is 12.1. The number of benzene rings is 1. The summed E-state index contributed by atoms with van der Waals surface area (Å²) < 4.78 is 0. The third kappa shape index (κ3) is 2.51. The molecular weight excluding hydrogens is 340 g/mol. The number of phenols is 1. The van der Waals surface area contributed by atoms with Gasteiger partial charge < -0.3 is 15.0 Å². The van der Waals surface area contributed by atoms with E-state index >= 15 is 0 Å². The minimum atomic E-state index is 0.0185. The number of piperidine rings is 1. The van der Waals surface area contributed by atoms with Gasteiger partial charge in [0.2, 0.25) is 5.91 Å². The minimum absolute atomic E-state index is 0.0185. The molecule has 5 rings (SSSR count). The number of likely N-dealkylation sites (tertiary alicyclic amines) is 1. The Bertz CT molecular complexity index is 1060. The fourth-order valence-electron chi connectivity index (χ4n) is 4.71. The highest BCUT2D eigenvalue weighted by Gasteiger charge is 2.47. The van der Waals surface area contributed by atoms with Gasteiger partial charge in [0.1, 0.15) is 5.75 Å². The van der Waals surface area contributed by atoms with Crippen molar-refractivity contribution in [3.8, 4) is 17.0 Å². The lowest BCUT2D eigenvalue weighted by Crippen LogP contribution is -2.40. The number of rotatable bonds is 3. The van der Waals surface area contributed by atoms with Crippen LogP contribution in [0, 0.1) is 5.92 Å². The molecule has 1 unspecified atom stereocenters. The second-order valence-corrected chi connectivity index (χ2v) is 7.48. The summed E-state index contributed by atoms with van der Waals surface area (Å²) in [6.07, 6.45) is 3.54. The molecule has 1 saturated heterocycles. The van der Waals surface area contributed by atoms with Crippen molar-refractivity contribution in [3.05, 3.63) is 54.7 Å². The van der Waals surface area contributed by atoms with Crippen LogP contribution in [0.2, 0.25) is 0 Å². The second kappa shape index (κ2) is 5.94. The number of phenolic OH excluding ortho intramolecular Hbond substituents is 1. The molecule has 1 saturated carbocycles. The van der Waals surface area contributed by atoms with Gasteiger partial charge >= 0.3 is 0 Å². The summed E-state index contributed by atoms with van der Waals surface area (Å²) in [7, 11) is 0. The monoisotopic (exact) mass is 360 g/mol. The molecule has 2 fully saturated rings. The number of amides is 1. The van der Waals surface area contributed by atoms with Gasteiger partial charge in [0, 0.05) is 35.1 Å². The van der Waals surface area contributed by atoms with Crippen molar-refractivity contribution in [1.82, 2.24) is 20.1 Å². The van der Waals surface area contributed by atoms with E-state index in [-0.39, 0.29) is 23.6 Å². The Morgan fingerprint density at radius 1 is 1.26 bits per heavy atom. The molecule has 3 atom stereocenters. The van der Waals surface area contributed by atoms with Gasteiger partial charge in [-0.25, -0.2) is 0 Å². The topological polar surface area (TPSA) is 82.1 Å². The van der Waals surface area contributed by atoms with Crippen molar-refractivity contribution < 1.29 is 9.90 Å². The van der Waals surface area contributed by atoms with Gasteiger partial charge in [0.25, 0.3) is 0 Å². The highest BCUT2D eigenvalue weighted by molar-refractivity contribution is 5.88. The Morgan fingerprint density at radius 3 is 2.89 bits per heavy atom. The molecule has 2 bridgehead atoms. The first-order valence-corrected chi connectivity index (χ1v) is 9.22. The lowest BCUT2D eigenvalue weighted by atomic mass is 9.94. The van der Waals surface area contributed by atoms with Crippen LogP contribution in [-0.2, 0) is 4.79 Å². The van der Waals surface area contributed by atoms with E-state index in [0.717, 1.165) is 36.1 Å². The second-order valence-electron chi connectivity index (χ2n) is 7.48. The SMILES string of the molecule is C=CC(=O)N1C[C@H]2CC(c3cc4cc(-c5ccccc5O)nnc4[nH]3)[C@@H]1C2. The quantitative estimate of drug-likeness (QED) is 0.703. The largest absolute Gasteiger partial charge is 0.507 e. The zero-order chi connectivity index (χ0) is 18.5. The van der Waals surface area contributed by atoms with Crippen LogP contribution in [0.1, 0.15) is 24.5 Å². The van der Waals surface area contributed by atoms with Crippen molar-refractivity contribution >= 4 is 16.9 Å². The van der Waals surface area contributed by atoms with Crippen LogP contribution in [0.3, 0.4) is 0 Å². The molecular formula is C21H20N4O2. The van der Waals surface area contributed by atoms with E-state index < -0.39 is 0 Å². The molecule has 0 spiro atoms. The summed E-state index contributed by atoms with van der Waals surface area (Å²) in [4.78, 5) is 17.5. The molecule has 2 N–H and O–H groups in total. The number of aromatic hydroxyl groups is 1. The van der Waals surface area contributed by atoms with Crippen LogP contribution < -0.4 is 0 Å². The summed E-state index contributed by atoms with van der Waals surface area (Å²) >= 11 is 0. The Morgan fingerprint density at radius 2 is 2.11 bits per heavy atom. The molecule has 3 aromatic rings. The Balaban J connectivity index is 1.50. The molecule has 136 valence electrons. The molecule has 1 amide bonds. The summed E-state index contributed by atoms with van der Waals surface area (Å²) in [5, 5.41) is 19.6. The molecule has 27 heavy (non-hydrogen) atoms. The van der Waals surface area contributed by atoms with E-state index in [4.69, 9.17) is 0 Å². The minimum Gasteiger partial charge on any atom is -0.507 e. The van der Waals surface area contributed by atoms with Crippen molar-refractivity contribution in [3.63, 3.8) is 0 Å². The third-order valence-electron chi connectivity index (χ3n) is 5.92. The maximum Gasteiger partial charge on any atom is 0.246 e. The zero-order valence-electron chi connectivity index (χ0n) is 14.8. The summed E-state index contributed by atoms with van der Waals surface area (Å²) in [5.41, 5.74) is 3.14. The predicted molar refractivity (Wildman–Crippen MR) is 102 cm³/mol. The number of aromatic amines is 1. The summed E-state index contributed by atoms with van der Waals surface area (Å²) in [6, 6.07) is 11.4. The molecule has 1 aliphatic heterocycles. The first-order valence-electron chi connectivity index (χ1n) is 9.22. The highest BCUT2D eigenvalue weighted by atomic mass is 16.3. The maximum atomic E-state index is 12.1. The van der Waals surface area contributed by atoms with E-state index in [0.29, 0.717) is 17.2 Å². The van der Waals surface area contributed by atoms with Crippen LogP contribution in [0.15, 0.2) is 49.1 Å². The highest BCUT2D eigenvalue weighted by Crippen LogP contribution is 2.47. The van der Waals surface area contributed by atoms with Gasteiger partial charge in [-0.05, 0) is 49.1 Å². The number of nitrogens with one attached hydrogen (secondary N) is 1. The molecule has 1 aliphatic carbocycles. The van der Waals surface area contributed by atoms with Gasteiger partial charge in [-0.3, -0.25) is 4.79 Å². The number of fused-ring (bicyclic) bond motifs is 3. The van der Waals surface area contributed by atoms with Crippen LogP contribution in [0.4, 0.5) is 0 Å². The van der Waals surface area contributed by atoms with Crippen LogP contribution in [0.25, 0.3) is 22.3 Å². The first-order chi connectivity index (χ1) is 13.1. The standard InChI is InChI=1S/C21H20N4O2/c1-2-20(27)25-11-12-7-15(18(25)8-12)16-9-13-10-17(23-24-21(13)22-16)14-5-3-4-6-19(14)26/h2-6,9-10,12,15,18,26H,1,7-8,11H2,(H,22,24)/t12-,15?,18-/m0/s1. The Kier molecular flexibility index (Phi) is 3.53. The van der Waals surface area contributed by atoms with Gasteiger partial charge in [0.05, 0.1) is 5.69 Å². The average molecular weight is 360 g/mol. The fourth-order valence-corrected chi connectivity index (χ4v) is 4.71. The van der Waals surface area contributed by atoms with Gasteiger partial charge in [-0.2, -0.15) is 0 Å². The van der Waals surface area contributed by atoms with Gasteiger partial charge in [0.15, 0.2) is 5.65 Å². The lowest BCUT2D eigenvalue weighted by molar-refractivity contribution is -0.127. The van der Waals surface area contributed by atoms with Crippen LogP contribution in [0.5, 0.6) is 5.75 Å². The molecule has 3 heterocycles. The predicted octanol–water partition coefficient (Wildman–Crippen LogP) is 3.22. The smallest absolute Gasteiger partial charge is 0.246 e. The number of H-pyrrole nitrogens is 1. The average Bonchev–Trinajstić information content (AvgIpc) is 3.40. The summed E-state index contributed by atoms with van der Waals surface area (Å²) in [6.45, 7) is 4.47. The third-order valence-corrected chi connectivity index (χ3v) is 5.92. The van der Waals surface area contributed by atoms with E-state index in [1.807, 2.05) is 23.1 Å². The number of hydrogen-bond donors (Lipinski definition) is 2. The molecule has 1 aromatic carbocycles. The van der Waals surface area contributed by atoms with Crippen molar-refractivity contribution in [1.29, 1.82) is 0 Å². The van der Waals surface area contributed by atoms with Crippen molar-refractivity contribution in [2.45, 2.75) is 24.8 Å². The molecule has 0 radical (unpaired) electrons. The number of hydrogen-bond acceptors (Lipinski definition) is 4. The number of carbonyl (C=O) groups is 1. The molecule has 2 aliphatic rings. The normalized spacial score (nSPS) is 23.9. The van der Waals surface area contributed by atoms with Gasteiger partial charge in [-0.1, -0.05) is 18.7 Å². The molecule has 6 nitrogen and oxygen atoms in total. The van der Waals surface area contributed by atoms with Crippen molar-refractivity contribution in [2.75, 3.05) is 6.54 Å². The van der Waals surface area contributed by atoms with Crippen molar-refractivity contribution in [2.24, 2.45) is 5.92 Å². The first kappa shape index (κ1) is 16.1. The van der Waals surface area contributed by atoms with E-state index in [9.17, 15) is 9.90 Å².